The number of carbonyl (C=O) groups excluding carboxylic acids is 1. The molecule has 30 heavy (non-hydrogen) atoms. The van der Waals surface area contributed by atoms with Gasteiger partial charge in [0.1, 0.15) is 46.1 Å². The molecule has 0 saturated carbocycles. The Labute approximate surface area is 170 Å². The van der Waals surface area contributed by atoms with Crippen molar-refractivity contribution in [3.63, 3.8) is 0 Å². The van der Waals surface area contributed by atoms with E-state index in [1.54, 1.807) is 21.0 Å². The standard InChI is InChI=1S/C20H18F2N4O4/c1-10-23-19-14(26(10)24-28)6-11(20(27)25(2)3)7-17(19)30-15-4-5-29-16-9-12(21)8-13(22)18(15)16/h6-9,15H,4-5H2,1-3H3/t15-/m0/s1. The molecule has 1 aromatic heterocycles. The topological polar surface area (TPSA) is 86.0 Å². The summed E-state index contributed by atoms with van der Waals surface area (Å²) in [6, 6.07) is 4.86. The number of ether oxygens (including phenoxy) is 2. The number of nitrogens with zero attached hydrogens (tertiary/aromatic N) is 4. The van der Waals surface area contributed by atoms with E-state index in [0.717, 1.165) is 16.8 Å². The molecule has 0 aliphatic carbocycles. The van der Waals surface area contributed by atoms with E-state index in [4.69, 9.17) is 9.47 Å². The molecule has 10 heteroatoms. The SMILES string of the molecule is Cc1nc2c(O[C@H]3CCOc4cc(F)cc(F)c43)cc(C(=O)N(C)C)cc2n1N=O. The second kappa shape index (κ2) is 7.36. The minimum atomic E-state index is -0.795. The normalized spacial score (nSPS) is 15.4. The second-order valence-electron chi connectivity index (χ2n) is 7.14. The van der Waals surface area contributed by atoms with Gasteiger partial charge in [0.2, 0.25) is 0 Å². The Balaban J connectivity index is 1.86. The summed E-state index contributed by atoms with van der Waals surface area (Å²) in [7, 11) is 3.18. The van der Waals surface area contributed by atoms with Crippen molar-refractivity contribution >= 4 is 16.9 Å². The smallest absolute Gasteiger partial charge is 0.253 e. The van der Waals surface area contributed by atoms with Gasteiger partial charge < -0.3 is 14.4 Å². The molecule has 156 valence electrons. The molecule has 0 N–H and O–H groups in total. The summed E-state index contributed by atoms with van der Waals surface area (Å²) in [4.78, 5) is 29.5. The van der Waals surface area contributed by atoms with Gasteiger partial charge in [-0.2, -0.15) is 4.68 Å². The van der Waals surface area contributed by atoms with Gasteiger partial charge in [0, 0.05) is 38.2 Å². The molecule has 2 aromatic carbocycles. The summed E-state index contributed by atoms with van der Waals surface area (Å²) >= 11 is 0. The van der Waals surface area contributed by atoms with Crippen molar-refractivity contribution in [2.24, 2.45) is 5.29 Å². The molecule has 0 bridgehead atoms. The van der Waals surface area contributed by atoms with Crippen LogP contribution in [0, 0.1) is 23.5 Å². The molecular formula is C20H18F2N4O4. The zero-order valence-electron chi connectivity index (χ0n) is 16.5. The number of imidazole rings is 1. The highest BCUT2D eigenvalue weighted by Gasteiger charge is 2.29. The van der Waals surface area contributed by atoms with Gasteiger partial charge >= 0.3 is 0 Å². The number of hydrogen-bond acceptors (Lipinski definition) is 6. The van der Waals surface area contributed by atoms with Gasteiger partial charge in [0.15, 0.2) is 0 Å². The molecule has 0 unspecified atom stereocenters. The summed E-state index contributed by atoms with van der Waals surface area (Å²) in [5.74, 6) is -1.30. The molecule has 1 aliphatic heterocycles. The first kappa shape index (κ1) is 19.7. The lowest BCUT2D eigenvalue weighted by Gasteiger charge is -2.27. The first-order valence-electron chi connectivity index (χ1n) is 9.17. The van der Waals surface area contributed by atoms with Crippen molar-refractivity contribution in [3.8, 4) is 11.5 Å². The van der Waals surface area contributed by atoms with Crippen LogP contribution in [0.15, 0.2) is 29.6 Å². The molecule has 0 fully saturated rings. The van der Waals surface area contributed by atoms with E-state index in [1.807, 2.05) is 0 Å². The summed E-state index contributed by atoms with van der Waals surface area (Å²) in [5.41, 5.74) is 0.930. The summed E-state index contributed by atoms with van der Waals surface area (Å²) in [6.45, 7) is 1.79. The molecule has 0 saturated heterocycles. The van der Waals surface area contributed by atoms with Gasteiger partial charge in [-0.1, -0.05) is 0 Å². The molecule has 0 spiro atoms. The minimum absolute atomic E-state index is 0.0665. The number of benzene rings is 2. The van der Waals surface area contributed by atoms with Crippen molar-refractivity contribution in [3.05, 3.63) is 57.8 Å². The monoisotopic (exact) mass is 416 g/mol. The second-order valence-corrected chi connectivity index (χ2v) is 7.14. The van der Waals surface area contributed by atoms with Crippen LogP contribution in [0.5, 0.6) is 11.5 Å². The predicted molar refractivity (Wildman–Crippen MR) is 104 cm³/mol. The van der Waals surface area contributed by atoms with Crippen LogP contribution in [0.4, 0.5) is 8.78 Å². The fourth-order valence-corrected chi connectivity index (χ4v) is 3.51. The average Bonchev–Trinajstić information content (AvgIpc) is 3.02. The lowest BCUT2D eigenvalue weighted by Crippen LogP contribution is -2.22. The van der Waals surface area contributed by atoms with E-state index in [2.05, 4.69) is 10.3 Å². The zero-order valence-corrected chi connectivity index (χ0v) is 16.5. The van der Waals surface area contributed by atoms with Gasteiger partial charge in [-0.3, -0.25) is 4.79 Å². The van der Waals surface area contributed by atoms with E-state index in [-0.39, 0.29) is 40.7 Å². The molecule has 1 amide bonds. The highest BCUT2D eigenvalue weighted by molar-refractivity contribution is 5.99. The molecule has 2 heterocycles. The fourth-order valence-electron chi connectivity index (χ4n) is 3.51. The quantitative estimate of drug-likeness (QED) is 0.605. The molecule has 3 aromatic rings. The highest BCUT2D eigenvalue weighted by atomic mass is 19.1. The summed E-state index contributed by atoms with van der Waals surface area (Å²) in [6.07, 6.45) is -0.494. The zero-order chi connectivity index (χ0) is 21.6. The van der Waals surface area contributed by atoms with Crippen molar-refractivity contribution in [1.29, 1.82) is 0 Å². The van der Waals surface area contributed by atoms with Gasteiger partial charge in [0.25, 0.3) is 5.91 Å². The maximum absolute atomic E-state index is 14.5. The third kappa shape index (κ3) is 3.23. The third-order valence-electron chi connectivity index (χ3n) is 4.88. The van der Waals surface area contributed by atoms with Crippen LogP contribution in [0.3, 0.4) is 0 Å². The summed E-state index contributed by atoms with van der Waals surface area (Å²) < 4.78 is 40.6. The molecule has 0 radical (unpaired) electrons. The summed E-state index contributed by atoms with van der Waals surface area (Å²) in [5, 5.41) is 2.95. The van der Waals surface area contributed by atoms with Crippen LogP contribution in [0.1, 0.15) is 34.3 Å². The van der Waals surface area contributed by atoms with Crippen LogP contribution >= 0.6 is 0 Å². The van der Waals surface area contributed by atoms with Crippen molar-refractivity contribution in [2.75, 3.05) is 20.7 Å². The number of nitroso groups, excluding NO2 is 1. The maximum atomic E-state index is 14.5. The van der Waals surface area contributed by atoms with Crippen molar-refractivity contribution < 1.29 is 23.0 Å². The Morgan fingerprint density at radius 2 is 2.07 bits per heavy atom. The van der Waals surface area contributed by atoms with E-state index in [9.17, 15) is 18.5 Å². The lowest BCUT2D eigenvalue weighted by molar-refractivity contribution is 0.0826. The first-order chi connectivity index (χ1) is 14.3. The number of hydrogen-bond donors (Lipinski definition) is 0. The van der Waals surface area contributed by atoms with Crippen LogP contribution in [-0.2, 0) is 0 Å². The van der Waals surface area contributed by atoms with Crippen LogP contribution in [-0.4, -0.2) is 41.2 Å². The van der Waals surface area contributed by atoms with Gasteiger partial charge in [-0.05, 0) is 19.1 Å². The number of aromatic nitrogens is 2. The molecule has 1 aliphatic rings. The molecule has 4 rings (SSSR count). The number of carbonyl (C=O) groups is 1. The Kier molecular flexibility index (Phi) is 4.84. The van der Waals surface area contributed by atoms with Gasteiger partial charge in [-0.25, -0.2) is 13.8 Å². The van der Waals surface area contributed by atoms with E-state index >= 15 is 0 Å². The Morgan fingerprint density at radius 1 is 1.30 bits per heavy atom. The number of fused-ring (bicyclic) bond motifs is 2. The highest BCUT2D eigenvalue weighted by Crippen LogP contribution is 2.40. The molecular weight excluding hydrogens is 398 g/mol. The van der Waals surface area contributed by atoms with Gasteiger partial charge in [-0.15, -0.1) is 4.91 Å². The lowest BCUT2D eigenvalue weighted by atomic mass is 10.0. The predicted octanol–water partition coefficient (Wildman–Crippen LogP) is 3.76. The van der Waals surface area contributed by atoms with E-state index < -0.39 is 17.7 Å². The van der Waals surface area contributed by atoms with Crippen LogP contribution < -0.4 is 9.47 Å². The Hall–Kier alpha value is -3.56. The molecule has 1 atom stereocenters. The fraction of sp³-hybridized carbons (Fsp3) is 0.300. The van der Waals surface area contributed by atoms with Crippen molar-refractivity contribution in [2.45, 2.75) is 19.4 Å². The van der Waals surface area contributed by atoms with E-state index in [0.29, 0.717) is 17.8 Å². The van der Waals surface area contributed by atoms with Gasteiger partial charge in [0.05, 0.1) is 17.5 Å². The number of amides is 1. The van der Waals surface area contributed by atoms with Crippen molar-refractivity contribution in [1.82, 2.24) is 14.6 Å². The third-order valence-corrected chi connectivity index (χ3v) is 4.88. The van der Waals surface area contributed by atoms with Crippen LogP contribution in [0.2, 0.25) is 0 Å². The first-order valence-corrected chi connectivity index (χ1v) is 9.17. The number of rotatable bonds is 4. The minimum Gasteiger partial charge on any atom is -0.493 e. The average molecular weight is 416 g/mol. The largest absolute Gasteiger partial charge is 0.493 e. The number of aryl methyl sites for hydroxylation is 1. The Bertz CT molecular complexity index is 1180. The maximum Gasteiger partial charge on any atom is 0.253 e. The van der Waals surface area contributed by atoms with E-state index in [1.165, 1.54) is 17.0 Å². The number of halogens is 2. The molecule has 8 nitrogen and oxygen atoms in total. The van der Waals surface area contributed by atoms with Crippen LogP contribution in [0.25, 0.3) is 11.0 Å². The Morgan fingerprint density at radius 3 is 2.77 bits per heavy atom.